The van der Waals surface area contributed by atoms with Gasteiger partial charge in [-0.2, -0.15) is 18.3 Å². The number of amides is 1. The van der Waals surface area contributed by atoms with Gasteiger partial charge in [0, 0.05) is 17.7 Å². The van der Waals surface area contributed by atoms with Gasteiger partial charge in [0.15, 0.2) is 12.4 Å². The Morgan fingerprint density at radius 1 is 1.23 bits per heavy atom. The molecule has 0 aliphatic carbocycles. The zero-order valence-corrected chi connectivity index (χ0v) is 15.9. The quantitative estimate of drug-likeness (QED) is 0.423. The number of nitro groups is 1. The van der Waals surface area contributed by atoms with Crippen molar-refractivity contribution >= 4 is 17.4 Å². The summed E-state index contributed by atoms with van der Waals surface area (Å²) >= 11 is 0. The molecule has 0 atom stereocenters. The lowest BCUT2D eigenvalue weighted by Crippen LogP contribution is -2.20. The lowest BCUT2D eigenvalue weighted by atomic mass is 10.1. The van der Waals surface area contributed by atoms with Crippen LogP contribution in [0.3, 0.4) is 0 Å². The summed E-state index contributed by atoms with van der Waals surface area (Å²) in [6.07, 6.45) is -4.60. The zero-order chi connectivity index (χ0) is 22.6. The average Bonchev–Trinajstić information content (AvgIpc) is 3.19. The predicted octanol–water partition coefficient (Wildman–Crippen LogP) is 4.19. The van der Waals surface area contributed by atoms with E-state index in [9.17, 15) is 28.1 Å². The first kappa shape index (κ1) is 21.6. The largest absolute Gasteiger partial charge is 0.496 e. The van der Waals surface area contributed by atoms with Crippen molar-refractivity contribution < 1.29 is 32.4 Å². The number of nitro benzene ring substituents is 1. The Kier molecular flexibility index (Phi) is 6.09. The van der Waals surface area contributed by atoms with E-state index in [2.05, 4.69) is 20.3 Å². The molecule has 0 aliphatic heterocycles. The van der Waals surface area contributed by atoms with Crippen LogP contribution < -0.4 is 14.8 Å². The molecular weight excluding hydrogens is 421 g/mol. The van der Waals surface area contributed by atoms with Gasteiger partial charge in [0.25, 0.3) is 11.6 Å². The summed E-state index contributed by atoms with van der Waals surface area (Å²) in [7, 11) is 1.49. The Hall–Kier alpha value is -4.09. The molecule has 0 bridgehead atoms. The van der Waals surface area contributed by atoms with Gasteiger partial charge in [-0.25, -0.2) is 0 Å². The molecule has 0 radical (unpaired) electrons. The molecule has 0 aliphatic rings. The van der Waals surface area contributed by atoms with Gasteiger partial charge in [0.1, 0.15) is 17.1 Å². The summed E-state index contributed by atoms with van der Waals surface area (Å²) in [5, 5.41) is 20.3. The lowest BCUT2D eigenvalue weighted by molar-refractivity contribution is -0.385. The molecule has 0 saturated heterocycles. The number of aromatic amines is 1. The number of rotatable bonds is 7. The standard InChI is InChI=1S/C19H15F3N4O5/c1-30-16-5-3-2-4-12(16)14-9-17(25-24-14)23-18(27)13-8-11(31-10-19(20,21)22)6-7-15(13)26(28)29/h2-9H,10H2,1H3,(H2,23,24,25,27). The molecule has 1 heterocycles. The lowest BCUT2D eigenvalue weighted by Gasteiger charge is -2.10. The minimum absolute atomic E-state index is 0.0433. The van der Waals surface area contributed by atoms with Gasteiger partial charge in [0.05, 0.1) is 17.7 Å². The third-order valence-corrected chi connectivity index (χ3v) is 4.03. The van der Waals surface area contributed by atoms with Crippen molar-refractivity contribution in [3.63, 3.8) is 0 Å². The fourth-order valence-corrected chi connectivity index (χ4v) is 2.69. The van der Waals surface area contributed by atoms with Crippen LogP contribution in [0.25, 0.3) is 11.3 Å². The molecule has 0 spiro atoms. The third-order valence-electron chi connectivity index (χ3n) is 4.03. The van der Waals surface area contributed by atoms with Gasteiger partial charge in [-0.05, 0) is 24.3 Å². The highest BCUT2D eigenvalue weighted by atomic mass is 19.4. The molecule has 9 nitrogen and oxygen atoms in total. The van der Waals surface area contributed by atoms with E-state index in [4.69, 9.17) is 4.74 Å². The summed E-state index contributed by atoms with van der Waals surface area (Å²) in [4.78, 5) is 23.0. The number of alkyl halides is 3. The van der Waals surface area contributed by atoms with Crippen molar-refractivity contribution in [1.29, 1.82) is 0 Å². The van der Waals surface area contributed by atoms with Crippen LogP contribution >= 0.6 is 0 Å². The molecule has 162 valence electrons. The summed E-state index contributed by atoms with van der Waals surface area (Å²) in [5.74, 6) is -0.692. The number of carbonyl (C=O) groups excluding carboxylic acids is 1. The van der Waals surface area contributed by atoms with Gasteiger partial charge in [-0.3, -0.25) is 20.0 Å². The number of nitrogens with one attached hydrogen (secondary N) is 2. The molecule has 1 amide bonds. The van der Waals surface area contributed by atoms with Gasteiger partial charge < -0.3 is 14.8 Å². The Morgan fingerprint density at radius 2 is 1.97 bits per heavy atom. The van der Waals surface area contributed by atoms with Crippen LogP contribution in [-0.2, 0) is 0 Å². The Bertz CT molecular complexity index is 1110. The number of nitrogens with zero attached hydrogens (tertiary/aromatic N) is 2. The molecule has 1 aromatic heterocycles. The molecule has 2 N–H and O–H groups in total. The van der Waals surface area contributed by atoms with Gasteiger partial charge in [-0.1, -0.05) is 12.1 Å². The van der Waals surface area contributed by atoms with Crippen LogP contribution in [0.5, 0.6) is 11.5 Å². The van der Waals surface area contributed by atoms with Crippen LogP contribution in [0.4, 0.5) is 24.7 Å². The summed E-state index contributed by atoms with van der Waals surface area (Å²) in [5.41, 5.74) is 0.0832. The molecule has 0 fully saturated rings. The normalized spacial score (nSPS) is 11.1. The molecule has 2 aromatic carbocycles. The maximum Gasteiger partial charge on any atom is 0.422 e. The van der Waals surface area contributed by atoms with Crippen LogP contribution in [0, 0.1) is 10.1 Å². The number of anilines is 1. The SMILES string of the molecule is COc1ccccc1-c1cc(NC(=O)c2cc(OCC(F)(F)F)ccc2[N+](=O)[O-])n[nH]1. The molecule has 0 saturated carbocycles. The Morgan fingerprint density at radius 3 is 2.65 bits per heavy atom. The fraction of sp³-hybridized carbons (Fsp3) is 0.158. The van der Waals surface area contributed by atoms with Crippen molar-refractivity contribution in [3.05, 3.63) is 64.2 Å². The number of carbonyl (C=O) groups is 1. The summed E-state index contributed by atoms with van der Waals surface area (Å²) in [6.45, 7) is -1.60. The number of hydrogen-bond donors (Lipinski definition) is 2. The molecule has 3 rings (SSSR count). The summed E-state index contributed by atoms with van der Waals surface area (Å²) < 4.78 is 46.9. The van der Waals surface area contributed by atoms with Crippen molar-refractivity contribution in [3.8, 4) is 22.8 Å². The summed E-state index contributed by atoms with van der Waals surface area (Å²) in [6, 6.07) is 11.2. The van der Waals surface area contributed by atoms with Crippen molar-refractivity contribution in [2.24, 2.45) is 0 Å². The molecule has 31 heavy (non-hydrogen) atoms. The number of para-hydroxylation sites is 1. The van der Waals surface area contributed by atoms with Crippen molar-refractivity contribution in [1.82, 2.24) is 10.2 Å². The fourth-order valence-electron chi connectivity index (χ4n) is 2.69. The predicted molar refractivity (Wildman–Crippen MR) is 103 cm³/mol. The zero-order valence-electron chi connectivity index (χ0n) is 15.9. The smallest absolute Gasteiger partial charge is 0.422 e. The number of aromatic nitrogens is 2. The van der Waals surface area contributed by atoms with Crippen LogP contribution in [0.1, 0.15) is 10.4 Å². The van der Waals surface area contributed by atoms with E-state index >= 15 is 0 Å². The minimum Gasteiger partial charge on any atom is -0.496 e. The second-order valence-corrected chi connectivity index (χ2v) is 6.16. The van der Waals surface area contributed by atoms with Crippen molar-refractivity contribution in [2.75, 3.05) is 19.0 Å². The minimum atomic E-state index is -4.60. The number of methoxy groups -OCH3 is 1. The highest BCUT2D eigenvalue weighted by Gasteiger charge is 2.29. The van der Waals surface area contributed by atoms with E-state index < -0.39 is 34.9 Å². The van der Waals surface area contributed by atoms with E-state index in [0.717, 1.165) is 18.2 Å². The van der Waals surface area contributed by atoms with Crippen LogP contribution in [0.2, 0.25) is 0 Å². The number of ether oxygens (including phenoxy) is 2. The molecular formula is C19H15F3N4O5. The Labute approximate surface area is 172 Å². The van der Waals surface area contributed by atoms with Crippen LogP contribution in [0.15, 0.2) is 48.5 Å². The molecule has 3 aromatic rings. The van der Waals surface area contributed by atoms with E-state index in [1.165, 1.54) is 13.2 Å². The monoisotopic (exact) mass is 436 g/mol. The molecule has 12 heteroatoms. The topological polar surface area (TPSA) is 119 Å². The highest BCUT2D eigenvalue weighted by Crippen LogP contribution is 2.30. The maximum absolute atomic E-state index is 12.6. The second-order valence-electron chi connectivity index (χ2n) is 6.16. The van der Waals surface area contributed by atoms with Gasteiger partial charge >= 0.3 is 6.18 Å². The average molecular weight is 436 g/mol. The van der Waals surface area contributed by atoms with Crippen LogP contribution in [-0.4, -0.2) is 40.9 Å². The van der Waals surface area contributed by atoms with E-state index in [1.54, 1.807) is 24.3 Å². The first-order valence-electron chi connectivity index (χ1n) is 8.66. The van der Waals surface area contributed by atoms with E-state index in [1.807, 2.05) is 0 Å². The first-order valence-corrected chi connectivity index (χ1v) is 8.66. The number of halogens is 3. The highest BCUT2D eigenvalue weighted by molar-refractivity contribution is 6.07. The molecule has 0 unspecified atom stereocenters. The van der Waals surface area contributed by atoms with Gasteiger partial charge in [-0.15, -0.1) is 0 Å². The maximum atomic E-state index is 12.6. The number of benzene rings is 2. The Balaban J connectivity index is 1.84. The number of hydrogen-bond acceptors (Lipinski definition) is 6. The third kappa shape index (κ3) is 5.29. The van der Waals surface area contributed by atoms with Gasteiger partial charge in [0.2, 0.25) is 0 Å². The second kappa shape index (κ2) is 8.73. The van der Waals surface area contributed by atoms with Crippen molar-refractivity contribution in [2.45, 2.75) is 6.18 Å². The number of H-pyrrole nitrogens is 1. The van der Waals surface area contributed by atoms with E-state index in [-0.39, 0.29) is 11.6 Å². The first-order chi connectivity index (χ1) is 14.7. The van der Waals surface area contributed by atoms with E-state index in [0.29, 0.717) is 17.0 Å².